The lowest BCUT2D eigenvalue weighted by Gasteiger charge is -2.38. The van der Waals surface area contributed by atoms with E-state index in [-0.39, 0.29) is 11.7 Å². The Labute approximate surface area is 122 Å². The third-order valence-corrected chi connectivity index (χ3v) is 3.81. The number of nitrogens with two attached hydrogens (primary N) is 1. The van der Waals surface area contributed by atoms with Gasteiger partial charge in [-0.1, -0.05) is 13.0 Å². The van der Waals surface area contributed by atoms with Crippen LogP contribution in [0, 0.1) is 0 Å². The van der Waals surface area contributed by atoms with E-state index >= 15 is 0 Å². The average Bonchev–Trinajstić information content (AvgIpc) is 2.46. The first-order valence-corrected chi connectivity index (χ1v) is 7.22. The molecule has 1 fully saturated rings. The van der Waals surface area contributed by atoms with Crippen molar-refractivity contribution in [3.63, 3.8) is 0 Å². The van der Waals surface area contributed by atoms with Crippen molar-refractivity contribution in [3.8, 4) is 0 Å². The number of anilines is 1. The summed E-state index contributed by atoms with van der Waals surface area (Å²) >= 11 is 0. The summed E-state index contributed by atoms with van der Waals surface area (Å²) in [5, 5.41) is 0. The van der Waals surface area contributed by atoms with Gasteiger partial charge >= 0.3 is 6.18 Å². The SMILES string of the molecule is CCC1COCCN1c1ccc(CCN)cc1C(F)(F)F. The number of alkyl halides is 3. The summed E-state index contributed by atoms with van der Waals surface area (Å²) in [6.07, 6.45) is -3.16. The molecule has 3 nitrogen and oxygen atoms in total. The van der Waals surface area contributed by atoms with Crippen LogP contribution in [0.1, 0.15) is 24.5 Å². The first-order chi connectivity index (χ1) is 9.97. The van der Waals surface area contributed by atoms with Gasteiger partial charge in [0.1, 0.15) is 0 Å². The van der Waals surface area contributed by atoms with Gasteiger partial charge in [0, 0.05) is 12.2 Å². The van der Waals surface area contributed by atoms with Gasteiger partial charge in [-0.25, -0.2) is 0 Å². The van der Waals surface area contributed by atoms with E-state index in [0.717, 1.165) is 6.42 Å². The van der Waals surface area contributed by atoms with Crippen molar-refractivity contribution in [2.24, 2.45) is 5.73 Å². The van der Waals surface area contributed by atoms with Gasteiger partial charge in [-0.2, -0.15) is 13.2 Å². The zero-order chi connectivity index (χ0) is 15.5. The van der Waals surface area contributed by atoms with Gasteiger partial charge in [0.15, 0.2) is 0 Å². The molecule has 118 valence electrons. The maximum atomic E-state index is 13.4. The van der Waals surface area contributed by atoms with Crippen LogP contribution in [0.25, 0.3) is 0 Å². The van der Waals surface area contributed by atoms with Crippen molar-refractivity contribution >= 4 is 5.69 Å². The molecule has 0 radical (unpaired) electrons. The number of nitrogens with zero attached hydrogens (tertiary/aromatic N) is 1. The molecule has 1 saturated heterocycles. The summed E-state index contributed by atoms with van der Waals surface area (Å²) in [7, 11) is 0. The highest BCUT2D eigenvalue weighted by atomic mass is 19.4. The van der Waals surface area contributed by atoms with Gasteiger partial charge in [-0.15, -0.1) is 0 Å². The van der Waals surface area contributed by atoms with Crippen LogP contribution in [0.5, 0.6) is 0 Å². The molecular weight excluding hydrogens is 281 g/mol. The Bertz CT molecular complexity index is 476. The monoisotopic (exact) mass is 302 g/mol. The van der Waals surface area contributed by atoms with Gasteiger partial charge in [0.2, 0.25) is 0 Å². The average molecular weight is 302 g/mol. The lowest BCUT2D eigenvalue weighted by Crippen LogP contribution is -2.46. The molecule has 6 heteroatoms. The molecule has 0 saturated carbocycles. The first kappa shape index (κ1) is 16.1. The molecule has 1 aliphatic rings. The standard InChI is InChI=1S/C15H21F3N2O/c1-2-12-10-21-8-7-20(12)14-4-3-11(5-6-19)9-13(14)15(16,17)18/h3-4,9,12H,2,5-8,10,19H2,1H3. The van der Waals surface area contributed by atoms with Crippen molar-refractivity contribution in [2.75, 3.05) is 31.2 Å². The van der Waals surface area contributed by atoms with Crippen LogP contribution in [-0.4, -0.2) is 32.3 Å². The second kappa shape index (κ2) is 6.66. The molecule has 0 amide bonds. The number of halogens is 3. The minimum Gasteiger partial charge on any atom is -0.377 e. The van der Waals surface area contributed by atoms with Crippen molar-refractivity contribution in [3.05, 3.63) is 29.3 Å². The Morgan fingerprint density at radius 2 is 2.14 bits per heavy atom. The van der Waals surface area contributed by atoms with Gasteiger partial charge in [-0.05, 0) is 37.1 Å². The van der Waals surface area contributed by atoms with E-state index in [2.05, 4.69) is 0 Å². The Balaban J connectivity index is 2.41. The Morgan fingerprint density at radius 1 is 1.38 bits per heavy atom. The van der Waals surface area contributed by atoms with E-state index in [1.165, 1.54) is 6.07 Å². The highest BCUT2D eigenvalue weighted by Crippen LogP contribution is 2.38. The zero-order valence-corrected chi connectivity index (χ0v) is 12.1. The van der Waals surface area contributed by atoms with Gasteiger partial charge in [-0.3, -0.25) is 0 Å². The second-order valence-corrected chi connectivity index (χ2v) is 5.22. The minimum atomic E-state index is -4.36. The Morgan fingerprint density at radius 3 is 2.76 bits per heavy atom. The molecule has 0 bridgehead atoms. The first-order valence-electron chi connectivity index (χ1n) is 7.22. The van der Waals surface area contributed by atoms with Crippen LogP contribution >= 0.6 is 0 Å². The number of hydrogen-bond donors (Lipinski definition) is 1. The molecule has 0 aromatic heterocycles. The van der Waals surface area contributed by atoms with E-state index < -0.39 is 11.7 Å². The molecule has 0 aliphatic carbocycles. The van der Waals surface area contributed by atoms with E-state index in [9.17, 15) is 13.2 Å². The van der Waals surface area contributed by atoms with E-state index in [0.29, 0.717) is 38.3 Å². The Kier molecular flexibility index (Phi) is 5.11. The smallest absolute Gasteiger partial charge is 0.377 e. The molecule has 1 aromatic rings. The summed E-state index contributed by atoms with van der Waals surface area (Å²) in [6.45, 7) is 3.71. The number of benzene rings is 1. The summed E-state index contributed by atoms with van der Waals surface area (Å²) in [5.41, 5.74) is 5.73. The number of hydrogen-bond acceptors (Lipinski definition) is 3. The van der Waals surface area contributed by atoms with Crippen LogP contribution in [0.2, 0.25) is 0 Å². The fourth-order valence-electron chi connectivity index (χ4n) is 2.69. The number of rotatable bonds is 4. The minimum absolute atomic E-state index is 0.0137. The molecule has 1 aliphatic heterocycles. The largest absolute Gasteiger partial charge is 0.418 e. The quantitative estimate of drug-likeness (QED) is 0.929. The van der Waals surface area contributed by atoms with Crippen molar-refractivity contribution in [2.45, 2.75) is 32.0 Å². The molecule has 2 N–H and O–H groups in total. The molecule has 21 heavy (non-hydrogen) atoms. The fraction of sp³-hybridized carbons (Fsp3) is 0.600. The van der Waals surface area contributed by atoms with Gasteiger partial charge in [0.25, 0.3) is 0 Å². The Hall–Kier alpha value is -1.27. The molecule has 0 spiro atoms. The predicted octanol–water partition coefficient (Wildman–Crippen LogP) is 2.82. The summed E-state index contributed by atoms with van der Waals surface area (Å²) in [5.74, 6) is 0. The lowest BCUT2D eigenvalue weighted by atomic mass is 10.0. The summed E-state index contributed by atoms with van der Waals surface area (Å²) in [4.78, 5) is 1.82. The normalized spacial score (nSPS) is 19.9. The summed E-state index contributed by atoms with van der Waals surface area (Å²) in [6, 6.07) is 4.52. The maximum absolute atomic E-state index is 13.4. The molecule has 2 rings (SSSR count). The van der Waals surface area contributed by atoms with E-state index in [4.69, 9.17) is 10.5 Å². The van der Waals surface area contributed by atoms with Crippen molar-refractivity contribution in [1.82, 2.24) is 0 Å². The molecule has 1 aromatic carbocycles. The maximum Gasteiger partial charge on any atom is 0.418 e. The molecule has 1 heterocycles. The van der Waals surface area contributed by atoms with Gasteiger partial charge < -0.3 is 15.4 Å². The van der Waals surface area contributed by atoms with Gasteiger partial charge in [0.05, 0.1) is 24.8 Å². The zero-order valence-electron chi connectivity index (χ0n) is 12.1. The van der Waals surface area contributed by atoms with Crippen molar-refractivity contribution in [1.29, 1.82) is 0 Å². The highest BCUT2D eigenvalue weighted by Gasteiger charge is 2.36. The highest BCUT2D eigenvalue weighted by molar-refractivity contribution is 5.57. The van der Waals surface area contributed by atoms with Crippen LogP contribution in [0.15, 0.2) is 18.2 Å². The third-order valence-electron chi connectivity index (χ3n) is 3.81. The van der Waals surface area contributed by atoms with Crippen LogP contribution in [-0.2, 0) is 17.3 Å². The second-order valence-electron chi connectivity index (χ2n) is 5.22. The lowest BCUT2D eigenvalue weighted by molar-refractivity contribution is -0.137. The number of morpholine rings is 1. The van der Waals surface area contributed by atoms with E-state index in [1.54, 1.807) is 12.1 Å². The summed E-state index contributed by atoms with van der Waals surface area (Å²) < 4.78 is 45.5. The predicted molar refractivity (Wildman–Crippen MR) is 76.4 cm³/mol. The van der Waals surface area contributed by atoms with Crippen LogP contribution in [0.4, 0.5) is 18.9 Å². The van der Waals surface area contributed by atoms with E-state index in [1.807, 2.05) is 11.8 Å². The van der Waals surface area contributed by atoms with Crippen molar-refractivity contribution < 1.29 is 17.9 Å². The fourth-order valence-corrected chi connectivity index (χ4v) is 2.69. The number of ether oxygens (including phenoxy) is 1. The molecule has 1 unspecified atom stereocenters. The molecule has 1 atom stereocenters. The third kappa shape index (κ3) is 3.68. The topological polar surface area (TPSA) is 38.5 Å². The molecular formula is C15H21F3N2O. The van der Waals surface area contributed by atoms with Crippen LogP contribution < -0.4 is 10.6 Å². The van der Waals surface area contributed by atoms with Crippen LogP contribution in [0.3, 0.4) is 0 Å².